The van der Waals surface area contributed by atoms with Crippen LogP contribution in [-0.4, -0.2) is 53.4 Å². The number of rotatable bonds is 7. The Kier molecular flexibility index (Phi) is 6.67. The maximum atomic E-state index is 11.7. The number of carbonyl (C=O) groups excluding carboxylic acids is 3. The first-order valence-corrected chi connectivity index (χ1v) is 7.70. The Morgan fingerprint density at radius 3 is 2.67 bits per heavy atom. The molecule has 0 aliphatic heterocycles. The summed E-state index contributed by atoms with van der Waals surface area (Å²) in [4.78, 5) is 45.3. The quantitative estimate of drug-likeness (QED) is 0.640. The topological polar surface area (TPSA) is 110 Å². The SMILES string of the molecule is COC(=O)C(CSC[C@H]1C(=O)CC[C@@H]1C(=O)O)NC(C)=O. The molecule has 1 fully saturated rings. The average Bonchev–Trinajstić information content (AvgIpc) is 2.78. The van der Waals surface area contributed by atoms with Gasteiger partial charge in [0, 0.05) is 30.8 Å². The Morgan fingerprint density at radius 2 is 2.14 bits per heavy atom. The van der Waals surface area contributed by atoms with E-state index >= 15 is 0 Å². The molecule has 0 aromatic rings. The molecule has 0 heterocycles. The number of carboxylic acids is 1. The lowest BCUT2D eigenvalue weighted by molar-refractivity contribution is -0.144. The second-order valence-corrected chi connectivity index (χ2v) is 5.94. The Balaban J connectivity index is 2.52. The van der Waals surface area contributed by atoms with Crippen molar-refractivity contribution < 1.29 is 29.0 Å². The molecular formula is C13H19NO6S. The molecule has 2 N–H and O–H groups in total. The Bertz CT molecular complexity index is 438. The van der Waals surface area contributed by atoms with Crippen molar-refractivity contribution in [2.24, 2.45) is 11.8 Å². The highest BCUT2D eigenvalue weighted by atomic mass is 32.2. The first-order chi connectivity index (χ1) is 9.86. The molecule has 7 nitrogen and oxygen atoms in total. The summed E-state index contributed by atoms with van der Waals surface area (Å²) in [7, 11) is 1.22. The molecule has 0 saturated heterocycles. The third kappa shape index (κ3) is 5.04. The first kappa shape index (κ1) is 17.5. The third-order valence-corrected chi connectivity index (χ3v) is 4.53. The molecule has 3 atom stereocenters. The molecule has 118 valence electrons. The molecule has 0 aromatic heterocycles. The molecule has 1 unspecified atom stereocenters. The smallest absolute Gasteiger partial charge is 0.329 e. The summed E-state index contributed by atoms with van der Waals surface area (Å²) in [6, 6.07) is -0.794. The van der Waals surface area contributed by atoms with Crippen molar-refractivity contribution in [1.29, 1.82) is 0 Å². The summed E-state index contributed by atoms with van der Waals surface area (Å²) >= 11 is 1.27. The van der Waals surface area contributed by atoms with Gasteiger partial charge in [0.15, 0.2) is 0 Å². The number of carbonyl (C=O) groups is 4. The van der Waals surface area contributed by atoms with Gasteiger partial charge in [-0.15, -0.1) is 0 Å². The minimum absolute atomic E-state index is 0.0518. The highest BCUT2D eigenvalue weighted by Crippen LogP contribution is 2.31. The van der Waals surface area contributed by atoms with Gasteiger partial charge in [0.05, 0.1) is 13.0 Å². The molecule has 21 heavy (non-hydrogen) atoms. The number of hydrogen-bond acceptors (Lipinski definition) is 6. The number of hydrogen-bond donors (Lipinski definition) is 2. The van der Waals surface area contributed by atoms with Crippen LogP contribution in [0.2, 0.25) is 0 Å². The second-order valence-electron chi connectivity index (χ2n) is 4.87. The van der Waals surface area contributed by atoms with Gasteiger partial charge >= 0.3 is 11.9 Å². The van der Waals surface area contributed by atoms with Crippen molar-refractivity contribution in [2.45, 2.75) is 25.8 Å². The number of thioether (sulfide) groups is 1. The number of ether oxygens (including phenoxy) is 1. The number of amides is 1. The van der Waals surface area contributed by atoms with Crippen LogP contribution in [0.1, 0.15) is 19.8 Å². The van der Waals surface area contributed by atoms with Gasteiger partial charge in [-0.25, -0.2) is 4.79 Å². The Hall–Kier alpha value is -1.57. The van der Waals surface area contributed by atoms with Crippen LogP contribution in [0.15, 0.2) is 0 Å². The molecular weight excluding hydrogens is 298 g/mol. The van der Waals surface area contributed by atoms with Gasteiger partial charge in [0.2, 0.25) is 5.91 Å². The zero-order chi connectivity index (χ0) is 16.0. The number of nitrogens with one attached hydrogen (secondary N) is 1. The van der Waals surface area contributed by atoms with Gasteiger partial charge in [-0.05, 0) is 6.42 Å². The molecule has 1 aliphatic rings. The van der Waals surface area contributed by atoms with E-state index in [4.69, 9.17) is 5.11 Å². The van der Waals surface area contributed by atoms with Crippen LogP contribution in [0.3, 0.4) is 0 Å². The summed E-state index contributed by atoms with van der Waals surface area (Å²) in [5.74, 6) is -2.55. The van der Waals surface area contributed by atoms with E-state index in [2.05, 4.69) is 10.1 Å². The summed E-state index contributed by atoms with van der Waals surface area (Å²) in [6.07, 6.45) is 0.653. The van der Waals surface area contributed by atoms with Crippen molar-refractivity contribution in [3.05, 3.63) is 0 Å². The van der Waals surface area contributed by atoms with Gasteiger partial charge in [0.25, 0.3) is 0 Å². The standard InChI is InChI=1S/C13H19NO6S/c1-7(15)14-10(13(19)20-2)6-21-5-9-8(12(17)18)3-4-11(9)16/h8-10H,3-6H2,1-2H3,(H,14,15)(H,17,18)/t8-,9+,10?/m0/s1. The van der Waals surface area contributed by atoms with Gasteiger partial charge in [-0.3, -0.25) is 14.4 Å². The summed E-state index contributed by atoms with van der Waals surface area (Å²) in [5.41, 5.74) is 0. The van der Waals surface area contributed by atoms with Crippen molar-refractivity contribution in [2.75, 3.05) is 18.6 Å². The van der Waals surface area contributed by atoms with E-state index in [0.717, 1.165) is 0 Å². The van der Waals surface area contributed by atoms with Crippen LogP contribution in [0.5, 0.6) is 0 Å². The summed E-state index contributed by atoms with van der Waals surface area (Å²) < 4.78 is 4.59. The fourth-order valence-electron chi connectivity index (χ4n) is 2.28. The van der Waals surface area contributed by atoms with Gasteiger partial charge in [-0.1, -0.05) is 0 Å². The Labute approximate surface area is 126 Å². The highest BCUT2D eigenvalue weighted by Gasteiger charge is 2.39. The first-order valence-electron chi connectivity index (χ1n) is 6.55. The van der Waals surface area contributed by atoms with Crippen molar-refractivity contribution in [1.82, 2.24) is 5.32 Å². The summed E-state index contributed by atoms with van der Waals surface area (Å²) in [6.45, 7) is 1.29. The molecule has 0 aromatic carbocycles. The van der Waals surface area contributed by atoms with Crippen LogP contribution in [-0.2, 0) is 23.9 Å². The van der Waals surface area contributed by atoms with Crippen molar-refractivity contribution in [3.8, 4) is 0 Å². The molecule has 0 bridgehead atoms. The fraction of sp³-hybridized carbons (Fsp3) is 0.692. The molecule has 1 amide bonds. The monoisotopic (exact) mass is 317 g/mol. The Morgan fingerprint density at radius 1 is 1.48 bits per heavy atom. The number of ketones is 1. The van der Waals surface area contributed by atoms with E-state index < -0.39 is 29.8 Å². The lowest BCUT2D eigenvalue weighted by atomic mass is 9.98. The van der Waals surface area contributed by atoms with Gasteiger partial charge < -0.3 is 15.2 Å². The minimum atomic E-state index is -0.960. The molecule has 1 saturated carbocycles. The summed E-state index contributed by atoms with van der Waals surface area (Å²) in [5, 5.41) is 11.5. The zero-order valence-corrected chi connectivity index (χ0v) is 12.8. The number of methoxy groups -OCH3 is 1. The molecule has 1 rings (SSSR count). The van der Waals surface area contributed by atoms with Crippen LogP contribution >= 0.6 is 11.8 Å². The van der Waals surface area contributed by atoms with Crippen LogP contribution in [0.25, 0.3) is 0 Å². The second kappa shape index (κ2) is 8.02. The van der Waals surface area contributed by atoms with Crippen LogP contribution < -0.4 is 5.32 Å². The molecule has 8 heteroatoms. The fourth-order valence-corrected chi connectivity index (χ4v) is 3.55. The van der Waals surface area contributed by atoms with Crippen LogP contribution in [0, 0.1) is 11.8 Å². The van der Waals surface area contributed by atoms with E-state index in [-0.39, 0.29) is 23.9 Å². The number of carboxylic acid groups (broad SMARTS) is 1. The highest BCUT2D eigenvalue weighted by molar-refractivity contribution is 7.99. The minimum Gasteiger partial charge on any atom is -0.481 e. The van der Waals surface area contributed by atoms with Crippen molar-refractivity contribution >= 4 is 35.4 Å². The number of Topliss-reactive ketones (excluding diaryl/α,β-unsaturated/α-hetero) is 1. The van der Waals surface area contributed by atoms with Crippen LogP contribution in [0.4, 0.5) is 0 Å². The largest absolute Gasteiger partial charge is 0.481 e. The van der Waals surface area contributed by atoms with Crippen molar-refractivity contribution in [3.63, 3.8) is 0 Å². The predicted molar refractivity (Wildman–Crippen MR) is 75.8 cm³/mol. The number of aliphatic carboxylic acids is 1. The third-order valence-electron chi connectivity index (χ3n) is 3.36. The van der Waals surface area contributed by atoms with E-state index in [1.54, 1.807) is 0 Å². The average molecular weight is 317 g/mol. The lowest BCUT2D eigenvalue weighted by Crippen LogP contribution is -2.42. The van der Waals surface area contributed by atoms with Gasteiger partial charge in [-0.2, -0.15) is 11.8 Å². The lowest BCUT2D eigenvalue weighted by Gasteiger charge is -2.17. The van der Waals surface area contributed by atoms with Gasteiger partial charge in [0.1, 0.15) is 11.8 Å². The maximum Gasteiger partial charge on any atom is 0.329 e. The normalized spacial score (nSPS) is 22.7. The number of esters is 1. The van der Waals surface area contributed by atoms with E-state index in [1.165, 1.54) is 25.8 Å². The molecule has 1 aliphatic carbocycles. The molecule has 0 spiro atoms. The zero-order valence-electron chi connectivity index (χ0n) is 12.0. The molecule has 0 radical (unpaired) electrons. The predicted octanol–water partition coefficient (Wildman–Crippen LogP) is 0.0772. The van der Waals surface area contributed by atoms with E-state index in [9.17, 15) is 19.2 Å². The maximum absolute atomic E-state index is 11.7. The van der Waals surface area contributed by atoms with E-state index in [0.29, 0.717) is 12.2 Å². The van der Waals surface area contributed by atoms with E-state index in [1.807, 2.05) is 0 Å².